The van der Waals surface area contributed by atoms with E-state index in [9.17, 15) is 4.79 Å². The zero-order valence-corrected chi connectivity index (χ0v) is 10.7. The summed E-state index contributed by atoms with van der Waals surface area (Å²) in [5.74, 6) is 0.415. The molecule has 88 valence electrons. The maximum Gasteiger partial charge on any atom is 0.315 e. The minimum atomic E-state index is -0.817. The van der Waals surface area contributed by atoms with Crippen LogP contribution in [0, 0.1) is 0 Å². The van der Waals surface area contributed by atoms with Crippen molar-refractivity contribution in [1.82, 2.24) is 0 Å². The highest BCUT2D eigenvalue weighted by Crippen LogP contribution is 2.29. The average molecular weight is 289 g/mol. The van der Waals surface area contributed by atoms with E-state index in [0.717, 1.165) is 6.29 Å². The Morgan fingerprint density at radius 2 is 2.25 bits per heavy atom. The summed E-state index contributed by atoms with van der Waals surface area (Å²) in [6.07, 6.45) is 0.721. The van der Waals surface area contributed by atoms with Crippen LogP contribution < -0.4 is 4.74 Å². The van der Waals surface area contributed by atoms with Gasteiger partial charge in [-0.25, -0.2) is 0 Å². The minimum Gasteiger partial charge on any atom is -0.439 e. The van der Waals surface area contributed by atoms with E-state index >= 15 is 0 Å². The first-order valence-electron chi connectivity index (χ1n) is 4.77. The monoisotopic (exact) mass is 288 g/mol. The van der Waals surface area contributed by atoms with Crippen LogP contribution in [0.15, 0.2) is 22.7 Å². The van der Waals surface area contributed by atoms with Crippen molar-refractivity contribution in [1.29, 1.82) is 0 Å². The number of hydrogen-bond donors (Lipinski definition) is 0. The van der Waals surface area contributed by atoms with Gasteiger partial charge in [-0.2, -0.15) is 0 Å². The Bertz CT molecular complexity index is 354. The molecule has 0 N–H and O–H groups in total. The molecular weight excluding hydrogens is 276 g/mol. The van der Waals surface area contributed by atoms with Crippen LogP contribution >= 0.6 is 15.9 Å². The molecule has 0 bridgehead atoms. The molecule has 0 spiro atoms. The maximum absolute atomic E-state index is 10.8. The summed E-state index contributed by atoms with van der Waals surface area (Å²) >= 11 is 3.30. The molecule has 1 rings (SSSR count). The van der Waals surface area contributed by atoms with Gasteiger partial charge in [0.1, 0.15) is 5.75 Å². The Labute approximate surface area is 103 Å². The molecule has 0 aromatic heterocycles. The lowest BCUT2D eigenvalue weighted by molar-refractivity contribution is -0.231. The fourth-order valence-electron chi connectivity index (χ4n) is 1.13. The fourth-order valence-corrected chi connectivity index (χ4v) is 1.60. The third-order valence-electron chi connectivity index (χ3n) is 1.83. The highest BCUT2D eigenvalue weighted by atomic mass is 79.9. The molecule has 1 atom stereocenters. The molecule has 0 fully saturated rings. The van der Waals surface area contributed by atoms with Crippen molar-refractivity contribution in [3.8, 4) is 5.75 Å². The highest BCUT2D eigenvalue weighted by Gasteiger charge is 2.14. The molecular formula is C11H13BrO4. The van der Waals surface area contributed by atoms with Gasteiger partial charge in [-0.15, -0.1) is 0 Å². The number of ether oxygens (including phenoxy) is 3. The number of methoxy groups -OCH3 is 1. The Balaban J connectivity index is 2.89. The number of aldehydes is 1. The van der Waals surface area contributed by atoms with Crippen molar-refractivity contribution in [2.45, 2.75) is 13.4 Å². The van der Waals surface area contributed by atoms with E-state index in [1.165, 1.54) is 7.11 Å². The van der Waals surface area contributed by atoms with Crippen LogP contribution in [0.3, 0.4) is 0 Å². The molecule has 1 aromatic carbocycles. The molecule has 0 amide bonds. The van der Waals surface area contributed by atoms with Crippen molar-refractivity contribution in [2.24, 2.45) is 0 Å². The Kier molecular flexibility index (Phi) is 5.45. The lowest BCUT2D eigenvalue weighted by Gasteiger charge is -2.18. The van der Waals surface area contributed by atoms with E-state index in [2.05, 4.69) is 15.9 Å². The molecule has 0 saturated heterocycles. The topological polar surface area (TPSA) is 44.8 Å². The van der Waals surface area contributed by atoms with Crippen LogP contribution in [-0.2, 0) is 9.47 Å². The summed E-state index contributed by atoms with van der Waals surface area (Å²) in [4.78, 5) is 10.8. The summed E-state index contributed by atoms with van der Waals surface area (Å²) < 4.78 is 16.3. The number of halogens is 1. The summed E-state index contributed by atoms with van der Waals surface area (Å²) in [6.45, 7) is 1.47. The predicted molar refractivity (Wildman–Crippen MR) is 62.6 cm³/mol. The second-order valence-electron chi connectivity index (χ2n) is 2.87. The molecule has 0 radical (unpaired) electrons. The molecule has 1 unspecified atom stereocenters. The third-order valence-corrected chi connectivity index (χ3v) is 2.46. The summed E-state index contributed by atoms with van der Waals surface area (Å²) in [7, 11) is 1.47. The van der Waals surface area contributed by atoms with Gasteiger partial charge in [0.05, 0.1) is 16.6 Å². The van der Waals surface area contributed by atoms with Gasteiger partial charge in [0, 0.05) is 7.11 Å². The van der Waals surface area contributed by atoms with E-state index in [1.807, 2.05) is 6.92 Å². The first-order chi connectivity index (χ1) is 7.72. The van der Waals surface area contributed by atoms with Crippen LogP contribution in [-0.4, -0.2) is 26.5 Å². The van der Waals surface area contributed by atoms with E-state index in [0.29, 0.717) is 22.4 Å². The summed E-state index contributed by atoms with van der Waals surface area (Å²) in [6, 6.07) is 5.19. The molecule has 5 heteroatoms. The molecule has 0 saturated carbocycles. The highest BCUT2D eigenvalue weighted by molar-refractivity contribution is 9.10. The number of para-hydroxylation sites is 1. The van der Waals surface area contributed by atoms with Crippen molar-refractivity contribution in [3.63, 3.8) is 0 Å². The maximum atomic E-state index is 10.8. The lowest BCUT2D eigenvalue weighted by Crippen LogP contribution is -2.23. The fraction of sp³-hybridized carbons (Fsp3) is 0.364. The number of hydrogen-bond acceptors (Lipinski definition) is 4. The second-order valence-corrected chi connectivity index (χ2v) is 3.73. The van der Waals surface area contributed by atoms with Crippen LogP contribution in [0.4, 0.5) is 0 Å². The minimum absolute atomic E-state index is 0.415. The van der Waals surface area contributed by atoms with E-state index < -0.39 is 6.48 Å². The smallest absolute Gasteiger partial charge is 0.315 e. The molecule has 0 heterocycles. The summed E-state index contributed by atoms with van der Waals surface area (Å²) in [5, 5.41) is 0. The van der Waals surface area contributed by atoms with Gasteiger partial charge in [0.25, 0.3) is 0 Å². The van der Waals surface area contributed by atoms with Gasteiger partial charge < -0.3 is 14.2 Å². The Hall–Kier alpha value is -0.910. The number of benzene rings is 1. The van der Waals surface area contributed by atoms with Gasteiger partial charge >= 0.3 is 6.48 Å². The first-order valence-corrected chi connectivity index (χ1v) is 5.57. The Morgan fingerprint density at radius 1 is 1.50 bits per heavy atom. The predicted octanol–water partition coefficient (Wildman–Crippen LogP) is 2.61. The van der Waals surface area contributed by atoms with Gasteiger partial charge in [-0.05, 0) is 35.0 Å². The second kappa shape index (κ2) is 6.62. The molecule has 4 nitrogen and oxygen atoms in total. The quantitative estimate of drug-likeness (QED) is 0.596. The third kappa shape index (κ3) is 3.30. The normalized spacial score (nSPS) is 12.2. The Morgan fingerprint density at radius 3 is 2.81 bits per heavy atom. The SMILES string of the molecule is CCOC(OC)Oc1c(Br)cccc1C=O. The van der Waals surface area contributed by atoms with Gasteiger partial charge in [0.15, 0.2) is 6.29 Å². The zero-order chi connectivity index (χ0) is 12.0. The summed E-state index contributed by atoms with van der Waals surface area (Å²) in [5.41, 5.74) is 0.441. The molecule has 0 aliphatic heterocycles. The van der Waals surface area contributed by atoms with Gasteiger partial charge in [-0.1, -0.05) is 6.07 Å². The van der Waals surface area contributed by atoms with Crippen molar-refractivity contribution >= 4 is 22.2 Å². The van der Waals surface area contributed by atoms with Crippen LogP contribution in [0.25, 0.3) is 0 Å². The van der Waals surface area contributed by atoms with Crippen molar-refractivity contribution < 1.29 is 19.0 Å². The largest absolute Gasteiger partial charge is 0.439 e. The van der Waals surface area contributed by atoms with Gasteiger partial charge in [-0.3, -0.25) is 4.79 Å². The standard InChI is InChI=1S/C11H13BrO4/c1-3-15-11(14-2)16-10-8(7-13)5-4-6-9(10)12/h4-7,11H,3H2,1-2H3. The molecule has 1 aromatic rings. The first kappa shape index (κ1) is 13.2. The van der Waals surface area contributed by atoms with Crippen LogP contribution in [0.1, 0.15) is 17.3 Å². The molecule has 0 aliphatic rings. The van der Waals surface area contributed by atoms with Gasteiger partial charge in [0.2, 0.25) is 0 Å². The number of carbonyl (C=O) groups excluding carboxylic acids is 1. The average Bonchev–Trinajstić information content (AvgIpc) is 2.30. The lowest BCUT2D eigenvalue weighted by atomic mass is 10.2. The van der Waals surface area contributed by atoms with Crippen molar-refractivity contribution in [2.75, 3.05) is 13.7 Å². The number of rotatable bonds is 6. The molecule has 16 heavy (non-hydrogen) atoms. The van der Waals surface area contributed by atoms with E-state index in [4.69, 9.17) is 14.2 Å². The van der Waals surface area contributed by atoms with E-state index in [1.54, 1.807) is 18.2 Å². The van der Waals surface area contributed by atoms with E-state index in [-0.39, 0.29) is 0 Å². The molecule has 0 aliphatic carbocycles. The number of carbonyl (C=O) groups is 1. The van der Waals surface area contributed by atoms with Crippen LogP contribution in [0.2, 0.25) is 0 Å². The van der Waals surface area contributed by atoms with Crippen LogP contribution in [0.5, 0.6) is 5.75 Å². The zero-order valence-electron chi connectivity index (χ0n) is 9.10. The van der Waals surface area contributed by atoms with Crippen molar-refractivity contribution in [3.05, 3.63) is 28.2 Å².